The number of carboxylic acids is 1. The number of rotatable bonds is 5. The quantitative estimate of drug-likeness (QED) is 0.793. The molecule has 2 N–H and O–H groups in total. The Bertz CT molecular complexity index is 957. The van der Waals surface area contributed by atoms with Crippen molar-refractivity contribution in [2.24, 2.45) is 0 Å². The lowest BCUT2D eigenvalue weighted by Crippen LogP contribution is -2.56. The molecule has 5 rings (SSSR count). The van der Waals surface area contributed by atoms with Gasteiger partial charge in [0.15, 0.2) is 5.54 Å². The molecule has 1 aliphatic heterocycles. The van der Waals surface area contributed by atoms with Crippen molar-refractivity contribution in [3.63, 3.8) is 0 Å². The minimum Gasteiger partial charge on any atom is -0.479 e. The second-order valence-corrected chi connectivity index (χ2v) is 8.79. The molecule has 0 radical (unpaired) electrons. The van der Waals surface area contributed by atoms with E-state index in [1.807, 2.05) is 31.2 Å². The van der Waals surface area contributed by atoms with Crippen LogP contribution in [0.5, 0.6) is 0 Å². The van der Waals surface area contributed by atoms with E-state index < -0.39 is 17.6 Å². The molecule has 2 aliphatic carbocycles. The number of hydrogen-bond donors (Lipinski definition) is 2. The van der Waals surface area contributed by atoms with Crippen molar-refractivity contribution in [3.05, 3.63) is 59.7 Å². The van der Waals surface area contributed by atoms with Crippen LogP contribution >= 0.6 is 0 Å². The van der Waals surface area contributed by atoms with E-state index in [1.165, 1.54) is 0 Å². The number of aliphatic carboxylic acids is 1. The number of likely N-dealkylation sites (tertiary alicyclic amines) is 1. The fourth-order valence-corrected chi connectivity index (χ4v) is 5.18. The summed E-state index contributed by atoms with van der Waals surface area (Å²) in [5, 5.41) is 12.6. The van der Waals surface area contributed by atoms with E-state index in [0.717, 1.165) is 35.1 Å². The molecule has 1 saturated carbocycles. The maximum absolute atomic E-state index is 12.7. The van der Waals surface area contributed by atoms with Crippen molar-refractivity contribution in [2.45, 2.75) is 49.7 Å². The lowest BCUT2D eigenvalue weighted by atomic mass is 9.96. The summed E-state index contributed by atoms with van der Waals surface area (Å²) in [4.78, 5) is 27.0. The van der Waals surface area contributed by atoms with Gasteiger partial charge >= 0.3 is 12.1 Å². The van der Waals surface area contributed by atoms with Crippen LogP contribution in [0, 0.1) is 0 Å². The Morgan fingerprint density at radius 1 is 1.10 bits per heavy atom. The molecule has 30 heavy (non-hydrogen) atoms. The second-order valence-electron chi connectivity index (χ2n) is 8.79. The van der Waals surface area contributed by atoms with Crippen LogP contribution in [0.1, 0.15) is 43.2 Å². The zero-order valence-corrected chi connectivity index (χ0v) is 17.0. The molecule has 0 spiro atoms. The molecule has 2 fully saturated rings. The number of nitrogens with one attached hydrogen (secondary N) is 1. The Morgan fingerprint density at radius 2 is 1.70 bits per heavy atom. The van der Waals surface area contributed by atoms with Crippen LogP contribution in [0.2, 0.25) is 0 Å². The van der Waals surface area contributed by atoms with E-state index in [9.17, 15) is 14.7 Å². The number of ether oxygens (including phenoxy) is 1. The number of amides is 1. The third kappa shape index (κ3) is 3.16. The van der Waals surface area contributed by atoms with Gasteiger partial charge in [-0.25, -0.2) is 9.59 Å². The number of benzene rings is 2. The summed E-state index contributed by atoms with van der Waals surface area (Å²) in [5.74, 6) is -1.04. The summed E-state index contributed by atoms with van der Waals surface area (Å²) in [6, 6.07) is 16.9. The van der Waals surface area contributed by atoms with Crippen LogP contribution in [0.15, 0.2) is 48.5 Å². The molecule has 1 saturated heterocycles. The monoisotopic (exact) mass is 406 g/mol. The number of carbonyl (C=O) groups excluding carboxylic acids is 1. The van der Waals surface area contributed by atoms with Crippen LogP contribution in [0.25, 0.3) is 11.1 Å². The number of nitrogens with zero attached hydrogens (tertiary/aromatic N) is 1. The maximum atomic E-state index is 12.7. The van der Waals surface area contributed by atoms with Crippen molar-refractivity contribution in [3.8, 4) is 11.1 Å². The summed E-state index contributed by atoms with van der Waals surface area (Å²) in [6.45, 7) is 2.54. The zero-order chi connectivity index (χ0) is 20.9. The van der Waals surface area contributed by atoms with Crippen LogP contribution in [-0.2, 0) is 9.53 Å². The van der Waals surface area contributed by atoms with E-state index in [1.54, 1.807) is 0 Å². The van der Waals surface area contributed by atoms with Crippen molar-refractivity contribution in [1.82, 2.24) is 10.2 Å². The maximum Gasteiger partial charge on any atom is 0.408 e. The lowest BCUT2D eigenvalue weighted by molar-refractivity contribution is -0.144. The third-order valence-corrected chi connectivity index (χ3v) is 6.77. The van der Waals surface area contributed by atoms with Gasteiger partial charge < -0.3 is 15.2 Å². The average molecular weight is 406 g/mol. The van der Waals surface area contributed by atoms with E-state index in [2.05, 4.69) is 34.5 Å². The fraction of sp³-hybridized carbons (Fsp3) is 0.417. The topological polar surface area (TPSA) is 78.9 Å². The molecule has 2 aromatic carbocycles. The predicted molar refractivity (Wildman–Crippen MR) is 112 cm³/mol. The highest BCUT2D eigenvalue weighted by Gasteiger charge is 2.52. The Kier molecular flexibility index (Phi) is 4.54. The number of carboxylic acid groups (broad SMARTS) is 1. The summed E-state index contributed by atoms with van der Waals surface area (Å²) < 4.78 is 5.59. The van der Waals surface area contributed by atoms with Crippen LogP contribution in [0.4, 0.5) is 4.79 Å². The fourth-order valence-electron chi connectivity index (χ4n) is 5.18. The molecule has 1 amide bonds. The molecule has 0 aromatic heterocycles. The van der Waals surface area contributed by atoms with Gasteiger partial charge in [-0.2, -0.15) is 0 Å². The van der Waals surface area contributed by atoms with E-state index in [4.69, 9.17) is 4.74 Å². The first-order valence-corrected chi connectivity index (χ1v) is 10.6. The van der Waals surface area contributed by atoms with Gasteiger partial charge in [-0.3, -0.25) is 4.90 Å². The molecule has 1 heterocycles. The Balaban J connectivity index is 1.30. The van der Waals surface area contributed by atoms with Gasteiger partial charge in [0.2, 0.25) is 0 Å². The minimum atomic E-state index is -1.29. The SMILES string of the molecule is CC1CC(NC(=O)OCC2c3ccccc3-c3ccccc32)(C(=O)O)CN1C1CC1. The molecular weight excluding hydrogens is 380 g/mol. The van der Waals surface area contributed by atoms with Crippen molar-refractivity contribution in [1.29, 1.82) is 0 Å². The summed E-state index contributed by atoms with van der Waals surface area (Å²) in [6.07, 6.45) is 1.93. The van der Waals surface area contributed by atoms with Gasteiger partial charge in [0, 0.05) is 24.5 Å². The van der Waals surface area contributed by atoms with E-state index in [-0.39, 0.29) is 18.6 Å². The minimum absolute atomic E-state index is 0.0469. The number of fused-ring (bicyclic) bond motifs is 3. The number of hydrogen-bond acceptors (Lipinski definition) is 4. The first-order valence-electron chi connectivity index (χ1n) is 10.6. The predicted octanol–water partition coefficient (Wildman–Crippen LogP) is 3.61. The standard InChI is InChI=1S/C24H26N2O4/c1-15-12-24(22(27)28,14-26(15)16-10-11-16)25-23(29)30-13-21-19-8-4-2-6-17(19)18-7-3-5-9-20(18)21/h2-9,15-16,21H,10-14H2,1H3,(H,25,29)(H,27,28). The van der Waals surface area contributed by atoms with Gasteiger partial charge in [0.25, 0.3) is 0 Å². The average Bonchev–Trinajstić information content (AvgIpc) is 3.45. The van der Waals surface area contributed by atoms with E-state index >= 15 is 0 Å². The smallest absolute Gasteiger partial charge is 0.408 e. The highest BCUT2D eigenvalue weighted by Crippen LogP contribution is 2.44. The highest BCUT2D eigenvalue weighted by atomic mass is 16.5. The molecular formula is C24H26N2O4. The summed E-state index contributed by atoms with van der Waals surface area (Å²) >= 11 is 0. The molecule has 2 unspecified atom stereocenters. The number of alkyl carbamates (subject to hydrolysis) is 1. The van der Waals surface area contributed by atoms with Crippen LogP contribution in [0.3, 0.4) is 0 Å². The Labute approximate surface area is 175 Å². The van der Waals surface area contributed by atoms with Crippen LogP contribution < -0.4 is 5.32 Å². The van der Waals surface area contributed by atoms with Crippen molar-refractivity contribution >= 4 is 12.1 Å². The molecule has 2 atom stereocenters. The van der Waals surface area contributed by atoms with Crippen LogP contribution in [-0.4, -0.2) is 52.8 Å². The molecule has 0 bridgehead atoms. The van der Waals surface area contributed by atoms with Gasteiger partial charge in [0.1, 0.15) is 6.61 Å². The Morgan fingerprint density at radius 3 is 2.27 bits per heavy atom. The van der Waals surface area contributed by atoms with Gasteiger partial charge in [-0.1, -0.05) is 48.5 Å². The lowest BCUT2D eigenvalue weighted by Gasteiger charge is -2.26. The molecule has 6 heteroatoms. The molecule has 3 aliphatic rings. The van der Waals surface area contributed by atoms with Gasteiger partial charge in [-0.05, 0) is 48.4 Å². The van der Waals surface area contributed by atoms with Crippen molar-refractivity contribution < 1.29 is 19.4 Å². The Hall–Kier alpha value is -2.86. The molecule has 2 aromatic rings. The second kappa shape index (κ2) is 7.13. The van der Waals surface area contributed by atoms with E-state index in [0.29, 0.717) is 19.0 Å². The summed E-state index contributed by atoms with van der Waals surface area (Å²) in [7, 11) is 0. The summed E-state index contributed by atoms with van der Waals surface area (Å²) in [5.41, 5.74) is 3.30. The van der Waals surface area contributed by atoms with Gasteiger partial charge in [-0.15, -0.1) is 0 Å². The van der Waals surface area contributed by atoms with Crippen molar-refractivity contribution in [2.75, 3.05) is 13.2 Å². The third-order valence-electron chi connectivity index (χ3n) is 6.77. The first-order chi connectivity index (χ1) is 14.5. The van der Waals surface area contributed by atoms with Gasteiger partial charge in [0.05, 0.1) is 0 Å². The molecule has 156 valence electrons. The first kappa shape index (κ1) is 19.1. The normalized spacial score (nSPS) is 25.6. The number of carbonyl (C=O) groups is 2. The largest absolute Gasteiger partial charge is 0.479 e. The molecule has 6 nitrogen and oxygen atoms in total. The zero-order valence-electron chi connectivity index (χ0n) is 17.0. The highest BCUT2D eigenvalue weighted by molar-refractivity contribution is 5.85.